The summed E-state index contributed by atoms with van der Waals surface area (Å²) in [6, 6.07) is 7.69. The second-order valence-corrected chi connectivity index (χ2v) is 7.45. The van der Waals surface area contributed by atoms with Gasteiger partial charge in [-0.15, -0.1) is 0 Å². The molecule has 2 N–H and O–H groups in total. The Kier molecular flexibility index (Phi) is 7.53. The molecule has 0 saturated heterocycles. The summed E-state index contributed by atoms with van der Waals surface area (Å²) in [6.07, 6.45) is 0.814. The van der Waals surface area contributed by atoms with Gasteiger partial charge in [-0.25, -0.2) is 8.42 Å². The van der Waals surface area contributed by atoms with Gasteiger partial charge in [0.25, 0.3) is 0 Å². The Morgan fingerprint density at radius 3 is 2.62 bits per heavy atom. The molecule has 118 valence electrons. The molecule has 0 fully saturated rings. The van der Waals surface area contributed by atoms with E-state index in [-0.39, 0.29) is 11.5 Å². The maximum Gasteiger partial charge on any atom is 0.191 e. The molecule has 0 amide bonds. The molecular weight excluding hydrogens is 310 g/mol. The molecule has 21 heavy (non-hydrogen) atoms. The van der Waals surface area contributed by atoms with Gasteiger partial charge in [-0.3, -0.25) is 4.99 Å². The quantitative estimate of drug-likeness (QED) is 0.586. The summed E-state index contributed by atoms with van der Waals surface area (Å²) in [5.74, 6) is 0.872. The van der Waals surface area contributed by atoms with E-state index >= 15 is 0 Å². The molecule has 0 spiro atoms. The van der Waals surface area contributed by atoms with E-state index in [1.165, 1.54) is 0 Å². The molecule has 0 saturated carbocycles. The van der Waals surface area contributed by atoms with Crippen LogP contribution in [0.15, 0.2) is 29.3 Å². The van der Waals surface area contributed by atoms with Crippen molar-refractivity contribution in [3.05, 3.63) is 34.9 Å². The summed E-state index contributed by atoms with van der Waals surface area (Å²) in [4.78, 5) is 4.06. The van der Waals surface area contributed by atoms with Crippen molar-refractivity contribution < 1.29 is 8.42 Å². The maximum absolute atomic E-state index is 11.4. The van der Waals surface area contributed by atoms with E-state index in [1.54, 1.807) is 14.0 Å². The highest BCUT2D eigenvalue weighted by Crippen LogP contribution is 2.10. The third-order valence-corrected chi connectivity index (χ3v) is 4.90. The fourth-order valence-corrected chi connectivity index (χ4v) is 2.62. The Morgan fingerprint density at radius 1 is 1.29 bits per heavy atom. The molecular formula is C14H22ClN3O2S. The fraction of sp³-hybridized carbons (Fsp3) is 0.500. The third kappa shape index (κ3) is 7.34. The van der Waals surface area contributed by atoms with Crippen LogP contribution in [0.25, 0.3) is 0 Å². The third-order valence-electron chi connectivity index (χ3n) is 2.96. The van der Waals surface area contributed by atoms with Crippen LogP contribution in [0.1, 0.15) is 12.5 Å². The van der Waals surface area contributed by atoms with Crippen LogP contribution >= 0.6 is 11.6 Å². The van der Waals surface area contributed by atoms with E-state index in [0.29, 0.717) is 19.0 Å². The highest BCUT2D eigenvalue weighted by molar-refractivity contribution is 7.91. The number of aliphatic imine (C=N–C) groups is 1. The number of nitrogens with one attached hydrogen (secondary N) is 2. The number of hydrogen-bond donors (Lipinski definition) is 2. The van der Waals surface area contributed by atoms with Crippen LogP contribution in [0.3, 0.4) is 0 Å². The van der Waals surface area contributed by atoms with Crippen molar-refractivity contribution in [1.29, 1.82) is 0 Å². The Bertz CT molecular complexity index is 573. The van der Waals surface area contributed by atoms with Gasteiger partial charge in [0.05, 0.1) is 5.75 Å². The lowest BCUT2D eigenvalue weighted by Gasteiger charge is -2.11. The molecule has 0 aromatic heterocycles. The summed E-state index contributed by atoms with van der Waals surface area (Å²) >= 11 is 5.93. The summed E-state index contributed by atoms with van der Waals surface area (Å²) in [6.45, 7) is 2.70. The van der Waals surface area contributed by atoms with Crippen molar-refractivity contribution in [3.8, 4) is 0 Å². The summed E-state index contributed by atoms with van der Waals surface area (Å²) in [5.41, 5.74) is 1.14. The van der Waals surface area contributed by atoms with Gasteiger partial charge in [0, 0.05) is 30.9 Å². The van der Waals surface area contributed by atoms with Gasteiger partial charge in [-0.2, -0.15) is 0 Å². The Hall–Kier alpha value is -1.27. The monoisotopic (exact) mass is 331 g/mol. The first-order valence-electron chi connectivity index (χ1n) is 6.86. The van der Waals surface area contributed by atoms with Gasteiger partial charge in [0.1, 0.15) is 0 Å². The number of halogens is 1. The normalized spacial score (nSPS) is 12.2. The molecule has 0 aliphatic carbocycles. The van der Waals surface area contributed by atoms with Crippen LogP contribution < -0.4 is 10.6 Å². The van der Waals surface area contributed by atoms with Crippen LogP contribution in [-0.2, 0) is 16.3 Å². The van der Waals surface area contributed by atoms with Gasteiger partial charge in [0.2, 0.25) is 0 Å². The Morgan fingerprint density at radius 2 is 2.00 bits per heavy atom. The highest BCUT2D eigenvalue weighted by Gasteiger charge is 2.07. The molecule has 0 aliphatic rings. The van der Waals surface area contributed by atoms with E-state index in [4.69, 9.17) is 11.6 Å². The Balaban J connectivity index is 2.32. The number of benzene rings is 1. The zero-order valence-electron chi connectivity index (χ0n) is 12.4. The molecule has 0 atom stereocenters. The van der Waals surface area contributed by atoms with E-state index in [2.05, 4.69) is 15.6 Å². The van der Waals surface area contributed by atoms with Crippen LogP contribution in [0.2, 0.25) is 5.02 Å². The first-order chi connectivity index (χ1) is 9.96. The molecule has 0 bridgehead atoms. The number of sulfone groups is 1. The zero-order chi connectivity index (χ0) is 15.7. The standard InChI is InChI=1S/C14H22ClN3O2S/c1-3-21(19,20)10-9-18-14(16-2)17-8-7-12-5-4-6-13(15)11-12/h4-6,11H,3,7-10H2,1-2H3,(H2,16,17,18). The molecule has 0 unspecified atom stereocenters. The van der Waals surface area contributed by atoms with Gasteiger partial charge < -0.3 is 10.6 Å². The second-order valence-electron chi connectivity index (χ2n) is 4.54. The van der Waals surface area contributed by atoms with Crippen LogP contribution in [0.4, 0.5) is 0 Å². The van der Waals surface area contributed by atoms with Gasteiger partial charge >= 0.3 is 0 Å². The lowest BCUT2D eigenvalue weighted by atomic mass is 10.1. The van der Waals surface area contributed by atoms with E-state index in [1.807, 2.05) is 24.3 Å². The minimum Gasteiger partial charge on any atom is -0.356 e. The van der Waals surface area contributed by atoms with Crippen LogP contribution in [0, 0.1) is 0 Å². The summed E-state index contributed by atoms with van der Waals surface area (Å²) in [5, 5.41) is 6.86. The average Bonchev–Trinajstić information content (AvgIpc) is 2.45. The SMILES string of the molecule is CCS(=O)(=O)CCNC(=NC)NCCc1cccc(Cl)c1. The summed E-state index contributed by atoms with van der Waals surface area (Å²) < 4.78 is 22.8. The van der Waals surface area contributed by atoms with E-state index < -0.39 is 9.84 Å². The largest absolute Gasteiger partial charge is 0.356 e. The first-order valence-corrected chi connectivity index (χ1v) is 9.06. The topological polar surface area (TPSA) is 70.6 Å². The van der Waals surface area contributed by atoms with Gasteiger partial charge in [-0.05, 0) is 24.1 Å². The van der Waals surface area contributed by atoms with Crippen molar-refractivity contribution >= 4 is 27.4 Å². The fourth-order valence-electron chi connectivity index (χ4n) is 1.71. The maximum atomic E-state index is 11.4. The number of hydrogen-bond acceptors (Lipinski definition) is 3. The lowest BCUT2D eigenvalue weighted by Crippen LogP contribution is -2.40. The Labute approximate surface area is 131 Å². The van der Waals surface area contributed by atoms with Crippen molar-refractivity contribution in [3.63, 3.8) is 0 Å². The average molecular weight is 332 g/mol. The summed E-state index contributed by atoms with van der Waals surface area (Å²) in [7, 11) is -1.30. The minimum absolute atomic E-state index is 0.110. The second kappa shape index (κ2) is 8.89. The predicted molar refractivity (Wildman–Crippen MR) is 88.8 cm³/mol. The molecule has 1 rings (SSSR count). The number of rotatable bonds is 7. The van der Waals surface area contributed by atoms with Crippen LogP contribution in [0.5, 0.6) is 0 Å². The van der Waals surface area contributed by atoms with Crippen molar-refractivity contribution in [2.45, 2.75) is 13.3 Å². The lowest BCUT2D eigenvalue weighted by molar-refractivity contribution is 0.595. The predicted octanol–water partition coefficient (Wildman–Crippen LogP) is 1.48. The molecule has 1 aromatic rings. The number of nitrogens with zero attached hydrogens (tertiary/aromatic N) is 1. The number of guanidine groups is 1. The van der Waals surface area contributed by atoms with Crippen LogP contribution in [-0.4, -0.2) is 46.0 Å². The molecule has 0 aliphatic heterocycles. The van der Waals surface area contributed by atoms with Crippen molar-refractivity contribution in [2.75, 3.05) is 31.6 Å². The first kappa shape index (κ1) is 17.8. The van der Waals surface area contributed by atoms with Crippen molar-refractivity contribution in [1.82, 2.24) is 10.6 Å². The molecule has 0 heterocycles. The molecule has 7 heteroatoms. The van der Waals surface area contributed by atoms with Gasteiger partial charge in [-0.1, -0.05) is 30.7 Å². The molecule has 0 radical (unpaired) electrons. The van der Waals surface area contributed by atoms with E-state index in [0.717, 1.165) is 17.0 Å². The highest BCUT2D eigenvalue weighted by atomic mass is 35.5. The molecule has 1 aromatic carbocycles. The van der Waals surface area contributed by atoms with Crippen molar-refractivity contribution in [2.24, 2.45) is 4.99 Å². The van der Waals surface area contributed by atoms with E-state index in [9.17, 15) is 8.42 Å². The minimum atomic E-state index is -2.95. The smallest absolute Gasteiger partial charge is 0.191 e. The van der Waals surface area contributed by atoms with Gasteiger partial charge in [0.15, 0.2) is 15.8 Å². The zero-order valence-corrected chi connectivity index (χ0v) is 14.0. The molecule has 5 nitrogen and oxygen atoms in total.